The number of allylic oxidation sites excluding steroid dienone is 2. The molecule has 0 amide bonds. The van der Waals surface area contributed by atoms with Gasteiger partial charge in [-0.1, -0.05) is 24.3 Å². The van der Waals surface area contributed by atoms with Crippen LogP contribution in [0.3, 0.4) is 0 Å². The highest BCUT2D eigenvalue weighted by atomic mass is 16.5. The molecule has 2 heteroatoms. The summed E-state index contributed by atoms with van der Waals surface area (Å²) in [5.74, 6) is 0. The van der Waals surface area contributed by atoms with Crippen molar-refractivity contribution < 1.29 is 4.74 Å². The Labute approximate surface area is 59.9 Å². The molecule has 2 rings (SSSR count). The maximum atomic E-state index is 5.34. The van der Waals surface area contributed by atoms with Crippen LogP contribution in [-0.2, 0) is 4.74 Å². The molecule has 1 radical (unpaired) electrons. The first-order valence-corrected chi connectivity index (χ1v) is 3.36. The van der Waals surface area contributed by atoms with Gasteiger partial charge in [0.05, 0.1) is 18.9 Å². The fourth-order valence-corrected chi connectivity index (χ4v) is 1.12. The van der Waals surface area contributed by atoms with Crippen LogP contribution in [0.15, 0.2) is 29.3 Å². The molecule has 51 valence electrons. The molecule has 2 nitrogen and oxygen atoms in total. The molecule has 2 atom stereocenters. The molecule has 0 spiro atoms. The molecular weight excluding hydrogens is 126 g/mol. The van der Waals surface area contributed by atoms with Gasteiger partial charge in [0.15, 0.2) is 0 Å². The number of hydrogen-bond donors (Lipinski definition) is 0. The van der Waals surface area contributed by atoms with E-state index in [0.29, 0.717) is 6.61 Å². The highest BCUT2D eigenvalue weighted by Crippen LogP contribution is 2.14. The summed E-state index contributed by atoms with van der Waals surface area (Å²) >= 11 is 0. The number of hydrogen-bond acceptors (Lipinski definition) is 2. The monoisotopic (exact) mass is 134 g/mol. The van der Waals surface area contributed by atoms with Crippen molar-refractivity contribution in [2.45, 2.75) is 12.1 Å². The molecule has 0 fully saturated rings. The fourth-order valence-electron chi connectivity index (χ4n) is 1.12. The molecule has 0 N–H and O–H groups in total. The summed E-state index contributed by atoms with van der Waals surface area (Å²) in [5, 5.41) is 0. The Hall–Kier alpha value is -0.890. The van der Waals surface area contributed by atoms with E-state index in [1.54, 1.807) is 0 Å². The van der Waals surface area contributed by atoms with Crippen LogP contribution in [0.5, 0.6) is 0 Å². The van der Waals surface area contributed by atoms with E-state index in [1.807, 2.05) is 24.3 Å². The molecule has 0 aromatic rings. The lowest BCUT2D eigenvalue weighted by atomic mass is 10.1. The highest BCUT2D eigenvalue weighted by molar-refractivity contribution is 5.60. The van der Waals surface area contributed by atoms with E-state index in [4.69, 9.17) is 4.74 Å². The van der Waals surface area contributed by atoms with Crippen molar-refractivity contribution in [3.63, 3.8) is 0 Å². The Morgan fingerprint density at radius 1 is 1.40 bits per heavy atom. The van der Waals surface area contributed by atoms with Gasteiger partial charge in [-0.25, -0.2) is 0 Å². The van der Waals surface area contributed by atoms with E-state index < -0.39 is 0 Å². The first-order chi connectivity index (χ1) is 4.97. The third-order valence-corrected chi connectivity index (χ3v) is 1.64. The van der Waals surface area contributed by atoms with Gasteiger partial charge in [0.2, 0.25) is 0 Å². The van der Waals surface area contributed by atoms with E-state index in [-0.39, 0.29) is 12.1 Å². The topological polar surface area (TPSA) is 21.6 Å². The van der Waals surface area contributed by atoms with Crippen LogP contribution in [0, 0.1) is 0 Å². The number of ether oxygens (including phenoxy) is 1. The molecule has 1 aliphatic heterocycles. The van der Waals surface area contributed by atoms with Crippen molar-refractivity contribution >= 4 is 6.21 Å². The van der Waals surface area contributed by atoms with E-state index in [9.17, 15) is 0 Å². The minimum Gasteiger partial charge on any atom is -0.365 e. The Kier molecular flexibility index (Phi) is 1.40. The summed E-state index contributed by atoms with van der Waals surface area (Å²) in [7, 11) is 0. The van der Waals surface area contributed by atoms with Crippen LogP contribution in [0.4, 0.5) is 0 Å². The van der Waals surface area contributed by atoms with Gasteiger partial charge in [-0.3, -0.25) is 4.99 Å². The molecule has 1 aliphatic carbocycles. The molecule has 0 bridgehead atoms. The summed E-state index contributed by atoms with van der Waals surface area (Å²) in [4.78, 5) is 4.14. The van der Waals surface area contributed by atoms with E-state index in [2.05, 4.69) is 11.2 Å². The third-order valence-electron chi connectivity index (χ3n) is 1.64. The molecule has 0 saturated carbocycles. The average Bonchev–Trinajstić information content (AvgIpc) is 2.05. The summed E-state index contributed by atoms with van der Waals surface area (Å²) in [6, 6.07) is 0.179. The molecule has 0 saturated heterocycles. The zero-order valence-electron chi connectivity index (χ0n) is 5.53. The van der Waals surface area contributed by atoms with Crippen LogP contribution in [-0.4, -0.2) is 25.0 Å². The zero-order chi connectivity index (χ0) is 6.81. The minimum absolute atomic E-state index is 0.159. The highest BCUT2D eigenvalue weighted by Gasteiger charge is 2.19. The van der Waals surface area contributed by atoms with Crippen molar-refractivity contribution in [3.05, 3.63) is 24.3 Å². The minimum atomic E-state index is 0.159. The first-order valence-electron chi connectivity index (χ1n) is 3.36. The summed E-state index contributed by atoms with van der Waals surface area (Å²) < 4.78 is 5.34. The first kappa shape index (κ1) is 5.86. The summed E-state index contributed by atoms with van der Waals surface area (Å²) in [6.45, 7) is 0.527. The van der Waals surface area contributed by atoms with Crippen LogP contribution >= 0.6 is 0 Å². The van der Waals surface area contributed by atoms with Crippen molar-refractivity contribution in [2.75, 3.05) is 6.61 Å². The van der Waals surface area contributed by atoms with Gasteiger partial charge in [0.1, 0.15) is 6.10 Å². The molecule has 1 heterocycles. The predicted octanol–water partition coefficient (Wildman–Crippen LogP) is 0.828. The smallest absolute Gasteiger partial charge is 0.102 e. The zero-order valence-corrected chi connectivity index (χ0v) is 5.53. The summed E-state index contributed by atoms with van der Waals surface area (Å²) in [6.07, 6.45) is 11.0. The molecular formula is C8H8NO. The molecule has 2 aliphatic rings. The van der Waals surface area contributed by atoms with Gasteiger partial charge in [0, 0.05) is 0 Å². The van der Waals surface area contributed by atoms with Crippen molar-refractivity contribution in [1.29, 1.82) is 0 Å². The van der Waals surface area contributed by atoms with Gasteiger partial charge in [0.25, 0.3) is 0 Å². The van der Waals surface area contributed by atoms with Crippen molar-refractivity contribution in [3.8, 4) is 0 Å². The van der Waals surface area contributed by atoms with Crippen molar-refractivity contribution in [1.82, 2.24) is 0 Å². The second-order valence-electron chi connectivity index (χ2n) is 2.32. The molecule has 2 unspecified atom stereocenters. The van der Waals surface area contributed by atoms with Gasteiger partial charge in [-0.05, 0) is 0 Å². The van der Waals surface area contributed by atoms with E-state index in [0.717, 1.165) is 0 Å². The SMILES string of the molecule is [C]1=NC2C=CC=CC2OC1. The normalized spacial score (nSPS) is 36.0. The predicted molar refractivity (Wildman–Crippen MR) is 39.2 cm³/mol. The van der Waals surface area contributed by atoms with Gasteiger partial charge < -0.3 is 4.74 Å². The Morgan fingerprint density at radius 3 is 3.20 bits per heavy atom. The lowest BCUT2D eigenvalue weighted by Crippen LogP contribution is -2.30. The largest absolute Gasteiger partial charge is 0.365 e. The van der Waals surface area contributed by atoms with E-state index in [1.165, 1.54) is 0 Å². The Bertz CT molecular complexity index is 205. The van der Waals surface area contributed by atoms with Crippen molar-refractivity contribution in [2.24, 2.45) is 4.99 Å². The van der Waals surface area contributed by atoms with Gasteiger partial charge >= 0.3 is 0 Å². The van der Waals surface area contributed by atoms with Crippen LogP contribution in [0.25, 0.3) is 0 Å². The van der Waals surface area contributed by atoms with Crippen LogP contribution in [0.1, 0.15) is 0 Å². The number of aliphatic imine (C=N–C) groups is 1. The fraction of sp³-hybridized carbons (Fsp3) is 0.375. The number of rotatable bonds is 0. The third kappa shape index (κ3) is 0.907. The standard InChI is InChI=1S/C8H8NO/c1-2-4-8-7(3-1)9-5-6-10-8/h1-4,7-8H,6H2. The quantitative estimate of drug-likeness (QED) is 0.480. The maximum Gasteiger partial charge on any atom is 0.102 e. The van der Waals surface area contributed by atoms with Crippen LogP contribution < -0.4 is 0 Å². The second kappa shape index (κ2) is 2.39. The molecule has 0 aromatic carbocycles. The van der Waals surface area contributed by atoms with Gasteiger partial charge in [-0.2, -0.15) is 0 Å². The van der Waals surface area contributed by atoms with Gasteiger partial charge in [-0.15, -0.1) is 0 Å². The number of fused-ring (bicyclic) bond motifs is 1. The summed E-state index contributed by atoms with van der Waals surface area (Å²) in [5.41, 5.74) is 0. The van der Waals surface area contributed by atoms with Crippen LogP contribution in [0.2, 0.25) is 0 Å². The van der Waals surface area contributed by atoms with E-state index >= 15 is 0 Å². The Balaban J connectivity index is 2.21. The number of nitrogens with zero attached hydrogens (tertiary/aromatic N) is 1. The Morgan fingerprint density at radius 2 is 2.30 bits per heavy atom. The lowest BCUT2D eigenvalue weighted by molar-refractivity contribution is 0.0998. The maximum absolute atomic E-state index is 5.34. The molecule has 0 aromatic heterocycles. The lowest BCUT2D eigenvalue weighted by Gasteiger charge is -2.23. The second-order valence-corrected chi connectivity index (χ2v) is 2.32. The molecule has 10 heavy (non-hydrogen) atoms. The average molecular weight is 134 g/mol.